The SMILES string of the molecule is CCCC(CCC)C(=O)Nc1n[nH]c2cc(OCC3CCCC3)ccc12. The van der Waals surface area contributed by atoms with Crippen LogP contribution in [-0.4, -0.2) is 22.7 Å². The zero-order chi connectivity index (χ0) is 18.4. The highest BCUT2D eigenvalue weighted by molar-refractivity contribution is 6.00. The first-order chi connectivity index (χ1) is 12.7. The molecule has 142 valence electrons. The number of rotatable bonds is 9. The van der Waals surface area contributed by atoms with Gasteiger partial charge < -0.3 is 10.1 Å². The Bertz CT molecular complexity index is 713. The number of hydrogen-bond donors (Lipinski definition) is 2. The van der Waals surface area contributed by atoms with E-state index in [4.69, 9.17) is 4.74 Å². The molecule has 0 bridgehead atoms. The van der Waals surface area contributed by atoms with Crippen molar-refractivity contribution in [3.8, 4) is 5.75 Å². The summed E-state index contributed by atoms with van der Waals surface area (Å²) >= 11 is 0. The molecule has 26 heavy (non-hydrogen) atoms. The number of carbonyl (C=O) groups is 1. The minimum atomic E-state index is 0.0609. The second kappa shape index (κ2) is 9.06. The van der Waals surface area contributed by atoms with Gasteiger partial charge in [-0.3, -0.25) is 9.89 Å². The van der Waals surface area contributed by atoms with Gasteiger partial charge in [0.1, 0.15) is 5.75 Å². The van der Waals surface area contributed by atoms with Gasteiger partial charge in [-0.1, -0.05) is 39.5 Å². The van der Waals surface area contributed by atoms with Crippen LogP contribution < -0.4 is 10.1 Å². The van der Waals surface area contributed by atoms with Crippen LogP contribution >= 0.6 is 0 Å². The number of nitrogens with one attached hydrogen (secondary N) is 2. The average molecular weight is 357 g/mol. The molecule has 1 saturated carbocycles. The molecule has 0 spiro atoms. The Labute approximate surface area is 155 Å². The molecule has 5 heteroatoms. The van der Waals surface area contributed by atoms with E-state index in [1.165, 1.54) is 25.7 Å². The van der Waals surface area contributed by atoms with Crippen LogP contribution in [0.2, 0.25) is 0 Å². The number of carbonyl (C=O) groups excluding carboxylic acids is 1. The maximum Gasteiger partial charge on any atom is 0.228 e. The van der Waals surface area contributed by atoms with Gasteiger partial charge >= 0.3 is 0 Å². The van der Waals surface area contributed by atoms with Crippen LogP contribution in [0.1, 0.15) is 65.2 Å². The van der Waals surface area contributed by atoms with Crippen LogP contribution in [0, 0.1) is 11.8 Å². The van der Waals surface area contributed by atoms with Crippen molar-refractivity contribution in [2.75, 3.05) is 11.9 Å². The Morgan fingerprint density at radius 1 is 1.27 bits per heavy atom. The van der Waals surface area contributed by atoms with Crippen LogP contribution in [0.3, 0.4) is 0 Å². The summed E-state index contributed by atoms with van der Waals surface area (Å²) in [6.07, 6.45) is 9.07. The first-order valence-corrected chi connectivity index (χ1v) is 10.1. The monoisotopic (exact) mass is 357 g/mol. The molecular formula is C21H31N3O2. The fourth-order valence-corrected chi connectivity index (χ4v) is 3.90. The van der Waals surface area contributed by atoms with Crippen molar-refractivity contribution in [3.05, 3.63) is 18.2 Å². The number of nitrogens with zero attached hydrogens (tertiary/aromatic N) is 1. The lowest BCUT2D eigenvalue weighted by molar-refractivity contribution is -0.120. The molecule has 2 aromatic rings. The second-order valence-corrected chi connectivity index (χ2v) is 7.50. The largest absolute Gasteiger partial charge is 0.493 e. The molecule has 5 nitrogen and oxygen atoms in total. The van der Waals surface area contributed by atoms with Crippen LogP contribution in [-0.2, 0) is 4.79 Å². The molecule has 0 saturated heterocycles. The predicted octanol–water partition coefficient (Wildman–Crippen LogP) is 5.29. The van der Waals surface area contributed by atoms with E-state index in [1.54, 1.807) is 0 Å². The first kappa shape index (κ1) is 18.7. The summed E-state index contributed by atoms with van der Waals surface area (Å²) in [7, 11) is 0. The molecule has 1 fully saturated rings. The van der Waals surface area contributed by atoms with Crippen molar-refractivity contribution in [3.63, 3.8) is 0 Å². The summed E-state index contributed by atoms with van der Waals surface area (Å²) in [6.45, 7) is 5.03. The van der Waals surface area contributed by atoms with Crippen molar-refractivity contribution in [1.29, 1.82) is 0 Å². The van der Waals surface area contributed by atoms with Gasteiger partial charge in [-0.25, -0.2) is 0 Å². The van der Waals surface area contributed by atoms with E-state index in [0.29, 0.717) is 11.7 Å². The van der Waals surface area contributed by atoms with E-state index in [9.17, 15) is 4.79 Å². The number of amides is 1. The highest BCUT2D eigenvalue weighted by atomic mass is 16.5. The van der Waals surface area contributed by atoms with E-state index < -0.39 is 0 Å². The number of aromatic nitrogens is 2. The van der Waals surface area contributed by atoms with Crippen molar-refractivity contribution in [2.45, 2.75) is 65.2 Å². The number of fused-ring (bicyclic) bond motifs is 1. The van der Waals surface area contributed by atoms with E-state index in [1.807, 2.05) is 18.2 Å². The molecule has 1 heterocycles. The third-order valence-corrected chi connectivity index (χ3v) is 5.38. The molecule has 3 rings (SSSR count). The summed E-state index contributed by atoms with van der Waals surface area (Å²) < 4.78 is 5.96. The molecule has 0 unspecified atom stereocenters. The average Bonchev–Trinajstić information content (AvgIpc) is 3.29. The molecule has 2 N–H and O–H groups in total. The third kappa shape index (κ3) is 4.57. The van der Waals surface area contributed by atoms with E-state index in [2.05, 4.69) is 29.4 Å². The van der Waals surface area contributed by atoms with E-state index in [-0.39, 0.29) is 11.8 Å². The van der Waals surface area contributed by atoms with Gasteiger partial charge in [-0.15, -0.1) is 0 Å². The van der Waals surface area contributed by atoms with Crippen LogP contribution in [0.25, 0.3) is 10.9 Å². The van der Waals surface area contributed by atoms with Gasteiger partial charge in [0.15, 0.2) is 5.82 Å². The topological polar surface area (TPSA) is 67.0 Å². The lowest BCUT2D eigenvalue weighted by Gasteiger charge is -2.14. The number of benzene rings is 1. The zero-order valence-electron chi connectivity index (χ0n) is 16.0. The smallest absolute Gasteiger partial charge is 0.228 e. The quantitative estimate of drug-likeness (QED) is 0.641. The molecule has 0 aliphatic heterocycles. The fraction of sp³-hybridized carbons (Fsp3) is 0.619. The Hall–Kier alpha value is -2.04. The van der Waals surface area contributed by atoms with Crippen LogP contribution in [0.5, 0.6) is 5.75 Å². The van der Waals surface area contributed by atoms with Gasteiger partial charge in [-0.05, 0) is 43.7 Å². The summed E-state index contributed by atoms with van der Waals surface area (Å²) in [4.78, 5) is 12.6. The van der Waals surface area contributed by atoms with Gasteiger partial charge in [-0.2, -0.15) is 5.10 Å². The minimum absolute atomic E-state index is 0.0609. The van der Waals surface area contributed by atoms with Crippen molar-refractivity contribution in [1.82, 2.24) is 10.2 Å². The van der Waals surface area contributed by atoms with E-state index >= 15 is 0 Å². The second-order valence-electron chi connectivity index (χ2n) is 7.50. The number of H-pyrrole nitrogens is 1. The van der Waals surface area contributed by atoms with Gasteiger partial charge in [0.2, 0.25) is 5.91 Å². The molecule has 0 radical (unpaired) electrons. The lowest BCUT2D eigenvalue weighted by atomic mass is 9.97. The van der Waals surface area contributed by atoms with Gasteiger partial charge in [0.25, 0.3) is 0 Å². The van der Waals surface area contributed by atoms with E-state index in [0.717, 1.165) is 48.9 Å². The Morgan fingerprint density at radius 2 is 2.00 bits per heavy atom. The number of anilines is 1. The maximum atomic E-state index is 12.6. The zero-order valence-corrected chi connectivity index (χ0v) is 16.0. The molecule has 1 amide bonds. The summed E-state index contributed by atoms with van der Waals surface area (Å²) in [5.41, 5.74) is 0.895. The summed E-state index contributed by atoms with van der Waals surface area (Å²) in [6, 6.07) is 5.92. The Kier molecular flexibility index (Phi) is 6.53. The summed E-state index contributed by atoms with van der Waals surface area (Å²) in [5.74, 6) is 2.30. The molecule has 1 aromatic carbocycles. The standard InChI is InChI=1S/C21H31N3O2/c1-3-7-16(8-4-2)21(25)22-20-18-12-11-17(13-19(18)23-24-20)26-14-15-9-5-6-10-15/h11-13,15-16H,3-10,14H2,1-2H3,(H2,22,23,24,25). The number of hydrogen-bond acceptors (Lipinski definition) is 3. The van der Waals surface area contributed by atoms with Gasteiger partial charge in [0, 0.05) is 17.4 Å². The van der Waals surface area contributed by atoms with Crippen molar-refractivity contribution >= 4 is 22.6 Å². The maximum absolute atomic E-state index is 12.6. The first-order valence-electron chi connectivity index (χ1n) is 10.1. The predicted molar refractivity (Wildman–Crippen MR) is 105 cm³/mol. The normalized spacial score (nSPS) is 15.0. The molecular weight excluding hydrogens is 326 g/mol. The molecule has 1 aliphatic carbocycles. The van der Waals surface area contributed by atoms with Gasteiger partial charge in [0.05, 0.1) is 12.1 Å². The summed E-state index contributed by atoms with van der Waals surface area (Å²) in [5, 5.41) is 11.3. The highest BCUT2D eigenvalue weighted by Crippen LogP contribution is 2.28. The van der Waals surface area contributed by atoms with Crippen molar-refractivity contribution < 1.29 is 9.53 Å². The Balaban J connectivity index is 1.65. The third-order valence-electron chi connectivity index (χ3n) is 5.38. The lowest BCUT2D eigenvalue weighted by Crippen LogP contribution is -2.23. The van der Waals surface area contributed by atoms with Crippen LogP contribution in [0.4, 0.5) is 5.82 Å². The van der Waals surface area contributed by atoms with Crippen molar-refractivity contribution in [2.24, 2.45) is 11.8 Å². The number of ether oxygens (including phenoxy) is 1. The molecule has 0 atom stereocenters. The molecule has 1 aromatic heterocycles. The van der Waals surface area contributed by atoms with Crippen LogP contribution in [0.15, 0.2) is 18.2 Å². The fourth-order valence-electron chi connectivity index (χ4n) is 3.90. The minimum Gasteiger partial charge on any atom is -0.493 e. The highest BCUT2D eigenvalue weighted by Gasteiger charge is 2.19. The number of aromatic amines is 1. The Morgan fingerprint density at radius 3 is 2.69 bits per heavy atom. The molecule has 1 aliphatic rings.